The van der Waals surface area contributed by atoms with Crippen LogP contribution < -0.4 is 10.2 Å². The molecule has 0 unspecified atom stereocenters. The smallest absolute Gasteiger partial charge is 0.335 e. The van der Waals surface area contributed by atoms with Crippen molar-refractivity contribution in [2.75, 3.05) is 4.90 Å². The number of furan rings is 1. The number of anilines is 1. The number of carboxylic acid groups (broad SMARTS) is 1. The Morgan fingerprint density at radius 2 is 1.78 bits per heavy atom. The maximum absolute atomic E-state index is 12.9. The minimum absolute atomic E-state index is 0.137. The highest BCUT2D eigenvalue weighted by Crippen LogP contribution is 2.29. The minimum Gasteiger partial charge on any atom is -0.478 e. The molecule has 1 fully saturated rings. The molecule has 3 aromatic rings. The first-order chi connectivity index (χ1) is 15.3. The van der Waals surface area contributed by atoms with Crippen LogP contribution in [0.3, 0.4) is 0 Å². The Balaban J connectivity index is 1.69. The number of nitrogens with one attached hydrogen (secondary N) is 1. The average molecular weight is 451 g/mol. The molecule has 0 saturated carbocycles. The second-order valence-corrected chi connectivity index (χ2v) is 7.36. The highest BCUT2D eigenvalue weighted by molar-refractivity contribution is 6.39. The maximum atomic E-state index is 12.9. The zero-order chi connectivity index (χ0) is 23.0. The fourth-order valence-corrected chi connectivity index (χ4v) is 3.46. The number of hydrogen-bond donors (Lipinski definition) is 2. The van der Waals surface area contributed by atoms with E-state index in [1.165, 1.54) is 36.4 Å². The SMILES string of the molecule is Cc1c(C(=O)O)cccc1-c1ccc(/C=C2\C(=O)NC(=O)N(c3ccc(Cl)cc3)C2=O)o1. The second kappa shape index (κ2) is 8.16. The lowest BCUT2D eigenvalue weighted by atomic mass is 10.0. The topological polar surface area (TPSA) is 117 Å². The van der Waals surface area contributed by atoms with Gasteiger partial charge < -0.3 is 9.52 Å². The number of imide groups is 2. The van der Waals surface area contributed by atoms with Gasteiger partial charge in [-0.25, -0.2) is 14.5 Å². The van der Waals surface area contributed by atoms with Crippen molar-refractivity contribution < 1.29 is 28.7 Å². The fraction of sp³-hybridized carbons (Fsp3) is 0.0435. The number of aromatic carboxylic acids is 1. The van der Waals surface area contributed by atoms with E-state index in [4.69, 9.17) is 16.0 Å². The van der Waals surface area contributed by atoms with Gasteiger partial charge >= 0.3 is 12.0 Å². The number of rotatable bonds is 4. The van der Waals surface area contributed by atoms with Gasteiger partial charge in [0.2, 0.25) is 0 Å². The number of carboxylic acids is 1. The summed E-state index contributed by atoms with van der Waals surface area (Å²) < 4.78 is 5.75. The van der Waals surface area contributed by atoms with Crippen LogP contribution in [0.25, 0.3) is 17.4 Å². The van der Waals surface area contributed by atoms with Gasteiger partial charge in [0.1, 0.15) is 17.1 Å². The second-order valence-electron chi connectivity index (χ2n) is 6.92. The van der Waals surface area contributed by atoms with E-state index in [0.717, 1.165) is 4.90 Å². The van der Waals surface area contributed by atoms with Crippen LogP contribution in [0, 0.1) is 6.92 Å². The van der Waals surface area contributed by atoms with Gasteiger partial charge in [0.15, 0.2) is 0 Å². The normalized spacial score (nSPS) is 15.2. The number of carbonyl (C=O) groups is 4. The van der Waals surface area contributed by atoms with Gasteiger partial charge in [0.25, 0.3) is 11.8 Å². The molecule has 2 aromatic carbocycles. The maximum Gasteiger partial charge on any atom is 0.335 e. The van der Waals surface area contributed by atoms with Gasteiger partial charge in [-0.1, -0.05) is 23.7 Å². The van der Waals surface area contributed by atoms with E-state index in [1.54, 1.807) is 31.2 Å². The number of barbiturate groups is 1. The van der Waals surface area contributed by atoms with Gasteiger partial charge in [-0.2, -0.15) is 0 Å². The standard InChI is InChI=1S/C23H15ClN2O6/c1-12-16(3-2-4-17(12)22(29)30)19-10-9-15(32-19)11-18-20(27)25-23(31)26(21(18)28)14-7-5-13(24)6-8-14/h2-11H,1H3,(H,29,30)(H,25,27,31)/b18-11+. The van der Waals surface area contributed by atoms with Crippen molar-refractivity contribution in [3.8, 4) is 11.3 Å². The minimum atomic E-state index is -1.06. The third kappa shape index (κ3) is 3.79. The summed E-state index contributed by atoms with van der Waals surface area (Å²) in [4.78, 5) is 49.7. The summed E-state index contributed by atoms with van der Waals surface area (Å²) in [5, 5.41) is 11.9. The van der Waals surface area contributed by atoms with Crippen LogP contribution in [-0.2, 0) is 9.59 Å². The number of halogens is 1. The van der Waals surface area contributed by atoms with E-state index in [-0.39, 0.29) is 22.6 Å². The zero-order valence-corrected chi connectivity index (χ0v) is 17.3. The number of carbonyl (C=O) groups excluding carboxylic acids is 3. The highest BCUT2D eigenvalue weighted by Gasteiger charge is 2.37. The van der Waals surface area contributed by atoms with Crippen LogP contribution >= 0.6 is 11.6 Å². The summed E-state index contributed by atoms with van der Waals surface area (Å²) in [5.74, 6) is -2.18. The quantitative estimate of drug-likeness (QED) is 0.452. The molecule has 9 heteroatoms. The molecule has 1 saturated heterocycles. The van der Waals surface area contributed by atoms with Crippen molar-refractivity contribution in [1.29, 1.82) is 0 Å². The van der Waals surface area contributed by atoms with Crippen molar-refractivity contribution in [2.24, 2.45) is 0 Å². The molecule has 160 valence electrons. The Hall–Kier alpha value is -4.17. The monoisotopic (exact) mass is 450 g/mol. The fourth-order valence-electron chi connectivity index (χ4n) is 3.33. The Labute approximate surface area is 186 Å². The van der Waals surface area contributed by atoms with Crippen molar-refractivity contribution in [1.82, 2.24) is 5.32 Å². The largest absolute Gasteiger partial charge is 0.478 e. The Kier molecular flexibility index (Phi) is 5.38. The lowest BCUT2D eigenvalue weighted by Gasteiger charge is -2.26. The predicted molar refractivity (Wildman–Crippen MR) is 116 cm³/mol. The van der Waals surface area contributed by atoms with E-state index in [9.17, 15) is 24.3 Å². The van der Waals surface area contributed by atoms with E-state index in [1.807, 2.05) is 0 Å². The Morgan fingerprint density at radius 1 is 1.06 bits per heavy atom. The molecular weight excluding hydrogens is 436 g/mol. The van der Waals surface area contributed by atoms with Crippen LogP contribution in [0.2, 0.25) is 5.02 Å². The molecule has 0 atom stereocenters. The summed E-state index contributed by atoms with van der Waals surface area (Å²) in [5.41, 5.74) is 1.16. The summed E-state index contributed by atoms with van der Waals surface area (Å²) >= 11 is 5.86. The molecule has 1 aromatic heterocycles. The van der Waals surface area contributed by atoms with E-state index < -0.39 is 23.8 Å². The number of hydrogen-bond acceptors (Lipinski definition) is 5. The average Bonchev–Trinajstić information content (AvgIpc) is 3.21. The summed E-state index contributed by atoms with van der Waals surface area (Å²) in [6.45, 7) is 1.66. The van der Waals surface area contributed by atoms with E-state index in [0.29, 0.717) is 21.9 Å². The molecule has 8 nitrogen and oxygen atoms in total. The number of amides is 4. The molecule has 4 rings (SSSR count). The van der Waals surface area contributed by atoms with Gasteiger partial charge in [-0.05, 0) is 61.0 Å². The van der Waals surface area contributed by atoms with Gasteiger partial charge in [0, 0.05) is 10.6 Å². The van der Waals surface area contributed by atoms with Crippen molar-refractivity contribution in [3.05, 3.63) is 82.1 Å². The van der Waals surface area contributed by atoms with Crippen LogP contribution in [0.1, 0.15) is 21.7 Å². The van der Waals surface area contributed by atoms with Crippen molar-refractivity contribution in [3.63, 3.8) is 0 Å². The molecule has 0 radical (unpaired) electrons. The third-order valence-electron chi connectivity index (χ3n) is 4.93. The number of benzene rings is 2. The van der Waals surface area contributed by atoms with Crippen LogP contribution in [0.4, 0.5) is 10.5 Å². The van der Waals surface area contributed by atoms with Crippen LogP contribution in [0.5, 0.6) is 0 Å². The van der Waals surface area contributed by atoms with E-state index in [2.05, 4.69) is 5.32 Å². The first kappa shape index (κ1) is 21.1. The zero-order valence-electron chi connectivity index (χ0n) is 16.6. The molecule has 2 N–H and O–H groups in total. The lowest BCUT2D eigenvalue weighted by Crippen LogP contribution is -2.54. The van der Waals surface area contributed by atoms with Crippen LogP contribution in [-0.4, -0.2) is 28.9 Å². The van der Waals surface area contributed by atoms with Crippen LogP contribution in [0.15, 0.2) is 64.6 Å². The highest BCUT2D eigenvalue weighted by atomic mass is 35.5. The predicted octanol–water partition coefficient (Wildman–Crippen LogP) is 4.27. The number of urea groups is 1. The first-order valence-electron chi connectivity index (χ1n) is 9.36. The van der Waals surface area contributed by atoms with Crippen molar-refractivity contribution >= 4 is 47.2 Å². The molecule has 1 aliphatic heterocycles. The van der Waals surface area contributed by atoms with Gasteiger partial charge in [-0.3, -0.25) is 14.9 Å². The molecule has 2 heterocycles. The molecule has 32 heavy (non-hydrogen) atoms. The molecule has 0 bridgehead atoms. The third-order valence-corrected chi connectivity index (χ3v) is 5.18. The summed E-state index contributed by atoms with van der Waals surface area (Å²) in [6.07, 6.45) is 1.23. The molecular formula is C23H15ClN2O6. The summed E-state index contributed by atoms with van der Waals surface area (Å²) in [6, 6.07) is 13.1. The lowest BCUT2D eigenvalue weighted by molar-refractivity contribution is -0.122. The van der Waals surface area contributed by atoms with Gasteiger partial charge in [-0.15, -0.1) is 0 Å². The summed E-state index contributed by atoms with van der Waals surface area (Å²) in [7, 11) is 0. The molecule has 0 aliphatic carbocycles. The molecule has 4 amide bonds. The van der Waals surface area contributed by atoms with E-state index >= 15 is 0 Å². The molecule has 1 aliphatic rings. The van der Waals surface area contributed by atoms with Gasteiger partial charge in [0.05, 0.1) is 11.3 Å². The van der Waals surface area contributed by atoms with Crippen molar-refractivity contribution in [2.45, 2.75) is 6.92 Å². The number of nitrogens with zero attached hydrogens (tertiary/aromatic N) is 1. The Bertz CT molecular complexity index is 1310. The Morgan fingerprint density at radius 3 is 2.47 bits per heavy atom. The first-order valence-corrected chi connectivity index (χ1v) is 9.74. The molecule has 0 spiro atoms.